The predicted octanol–water partition coefficient (Wildman–Crippen LogP) is 0.219. The van der Waals surface area contributed by atoms with Crippen molar-refractivity contribution in [2.45, 2.75) is 24.9 Å². The Morgan fingerprint density at radius 3 is 2.58 bits per heavy atom. The molecule has 11 heteroatoms. The van der Waals surface area contributed by atoms with Crippen LogP contribution in [0.5, 0.6) is 5.75 Å². The number of hydrogen-bond acceptors (Lipinski definition) is 9. The average Bonchev–Trinajstić information content (AvgIpc) is 3.16. The molecule has 2 aromatic rings. The lowest BCUT2D eigenvalue weighted by atomic mass is 9.59. The highest BCUT2D eigenvalue weighted by molar-refractivity contribution is 6.22. The maximum atomic E-state index is 13.5. The molecule has 0 spiro atoms. The molecule has 11 nitrogen and oxygen atoms in total. The molecular weight excluding hydrogens is 432 g/mol. The van der Waals surface area contributed by atoms with Gasteiger partial charge in [0.25, 0.3) is 5.91 Å². The maximum absolute atomic E-state index is 13.5. The average molecular weight is 452 g/mol. The van der Waals surface area contributed by atoms with E-state index >= 15 is 0 Å². The van der Waals surface area contributed by atoms with E-state index in [0.717, 1.165) is 0 Å². The van der Waals surface area contributed by atoms with E-state index in [4.69, 9.17) is 5.73 Å². The number of phenolic OH excluding ortho intramolecular Hbond substituents is 1. The van der Waals surface area contributed by atoms with Gasteiger partial charge < -0.3 is 26.2 Å². The van der Waals surface area contributed by atoms with Crippen LogP contribution >= 0.6 is 0 Å². The molecule has 3 aliphatic rings. The number of phenols is 1. The third kappa shape index (κ3) is 2.68. The number of ketones is 2. The topological polar surface area (TPSA) is 189 Å². The molecule has 1 saturated carbocycles. The van der Waals surface area contributed by atoms with Crippen LogP contribution in [0, 0.1) is 11.8 Å². The van der Waals surface area contributed by atoms with Gasteiger partial charge in [0.2, 0.25) is 5.78 Å². The van der Waals surface area contributed by atoms with E-state index in [1.807, 2.05) is 0 Å². The summed E-state index contributed by atoms with van der Waals surface area (Å²) in [6.45, 7) is 0. The summed E-state index contributed by atoms with van der Waals surface area (Å²) < 4.78 is 1.50. The third-order valence-electron chi connectivity index (χ3n) is 6.83. The number of aromatic hydroxyl groups is 1. The number of carbonyl (C=O) groups is 3. The van der Waals surface area contributed by atoms with Crippen LogP contribution in [0.15, 0.2) is 35.2 Å². The van der Waals surface area contributed by atoms with Crippen LogP contribution < -0.4 is 5.73 Å². The first kappa shape index (κ1) is 20.9. The number of nitrogens with zero attached hydrogens (tertiary/aromatic N) is 3. The second kappa shape index (κ2) is 6.75. The number of hydrogen-bond donors (Lipinski definition) is 5. The molecular formula is C22H20N4O7. The summed E-state index contributed by atoms with van der Waals surface area (Å²) in [5.41, 5.74) is 3.28. The van der Waals surface area contributed by atoms with Crippen molar-refractivity contribution in [3.05, 3.63) is 46.4 Å². The molecule has 5 rings (SSSR count). The summed E-state index contributed by atoms with van der Waals surface area (Å²) in [5, 5.41) is 51.4. The summed E-state index contributed by atoms with van der Waals surface area (Å²) in [6, 6.07) is 2.99. The minimum atomic E-state index is -2.58. The Morgan fingerprint density at radius 1 is 1.21 bits per heavy atom. The largest absolute Gasteiger partial charge is 0.508 e. The number of aliphatic hydroxyl groups is 3. The highest BCUT2D eigenvalue weighted by Crippen LogP contribution is 2.52. The van der Waals surface area contributed by atoms with Gasteiger partial charge in [-0.2, -0.15) is 0 Å². The van der Waals surface area contributed by atoms with Gasteiger partial charge in [0.1, 0.15) is 28.5 Å². The number of aromatic nitrogens is 3. The van der Waals surface area contributed by atoms with Crippen LogP contribution in [0.1, 0.15) is 24.0 Å². The van der Waals surface area contributed by atoms with Gasteiger partial charge in [0, 0.05) is 30.5 Å². The maximum Gasteiger partial charge on any atom is 0.255 e. The zero-order valence-corrected chi connectivity index (χ0v) is 17.4. The van der Waals surface area contributed by atoms with Crippen molar-refractivity contribution in [2.75, 3.05) is 0 Å². The van der Waals surface area contributed by atoms with Crippen LogP contribution in [0.2, 0.25) is 0 Å². The molecule has 0 bridgehead atoms. The molecule has 1 aromatic carbocycles. The molecule has 1 fully saturated rings. The lowest BCUT2D eigenvalue weighted by Crippen LogP contribution is -2.58. The van der Waals surface area contributed by atoms with Crippen LogP contribution in [-0.2, 0) is 27.9 Å². The van der Waals surface area contributed by atoms with Crippen molar-refractivity contribution in [1.29, 1.82) is 0 Å². The summed E-state index contributed by atoms with van der Waals surface area (Å²) in [5.74, 6) is -6.57. The van der Waals surface area contributed by atoms with E-state index in [9.17, 15) is 34.8 Å². The molecule has 1 amide bonds. The van der Waals surface area contributed by atoms with E-state index in [-0.39, 0.29) is 36.1 Å². The van der Waals surface area contributed by atoms with Gasteiger partial charge in [-0.05, 0) is 36.5 Å². The van der Waals surface area contributed by atoms with Crippen molar-refractivity contribution >= 4 is 23.2 Å². The summed E-state index contributed by atoms with van der Waals surface area (Å²) in [7, 11) is 1.69. The van der Waals surface area contributed by atoms with Gasteiger partial charge >= 0.3 is 0 Å². The Labute approximate surface area is 186 Å². The lowest BCUT2D eigenvalue weighted by molar-refractivity contribution is -0.147. The number of nitrogens with two attached hydrogens (primary N) is 1. The number of fused-ring (bicyclic) bond motifs is 3. The lowest BCUT2D eigenvalue weighted by Gasteiger charge is -2.46. The fourth-order valence-corrected chi connectivity index (χ4v) is 5.33. The zero-order chi connectivity index (χ0) is 23.8. The minimum Gasteiger partial charge on any atom is -0.508 e. The molecule has 170 valence electrons. The zero-order valence-electron chi connectivity index (χ0n) is 17.4. The molecule has 0 saturated heterocycles. The van der Waals surface area contributed by atoms with E-state index in [0.29, 0.717) is 16.8 Å². The van der Waals surface area contributed by atoms with Crippen molar-refractivity contribution < 1.29 is 34.8 Å². The van der Waals surface area contributed by atoms with Crippen molar-refractivity contribution in [2.24, 2.45) is 24.6 Å². The Morgan fingerprint density at radius 2 is 1.94 bits per heavy atom. The molecule has 3 atom stereocenters. The smallest absolute Gasteiger partial charge is 0.255 e. The van der Waals surface area contributed by atoms with Crippen LogP contribution in [0.3, 0.4) is 0 Å². The molecule has 3 aliphatic carbocycles. The van der Waals surface area contributed by atoms with E-state index in [1.54, 1.807) is 19.3 Å². The number of aryl methyl sites for hydroxylation is 1. The van der Waals surface area contributed by atoms with Gasteiger partial charge in [0.05, 0.1) is 11.8 Å². The summed E-state index contributed by atoms with van der Waals surface area (Å²) in [4.78, 5) is 37.5. The van der Waals surface area contributed by atoms with Gasteiger partial charge in [-0.3, -0.25) is 19.1 Å². The van der Waals surface area contributed by atoms with Crippen molar-refractivity contribution in [3.8, 4) is 17.0 Å². The van der Waals surface area contributed by atoms with E-state index < -0.39 is 52.0 Å². The number of amides is 1. The first-order valence-electron chi connectivity index (χ1n) is 10.2. The second-order valence-corrected chi connectivity index (χ2v) is 8.67. The third-order valence-corrected chi connectivity index (χ3v) is 6.83. The minimum absolute atomic E-state index is 0.0188. The van der Waals surface area contributed by atoms with Crippen LogP contribution in [0.4, 0.5) is 0 Å². The normalized spacial score (nSPS) is 26.7. The Kier molecular flexibility index (Phi) is 4.27. The second-order valence-electron chi connectivity index (χ2n) is 8.67. The van der Waals surface area contributed by atoms with Crippen molar-refractivity contribution in [1.82, 2.24) is 15.0 Å². The molecule has 0 unspecified atom stereocenters. The van der Waals surface area contributed by atoms with Gasteiger partial charge in [-0.15, -0.1) is 5.10 Å². The highest BCUT2D eigenvalue weighted by atomic mass is 16.3. The monoisotopic (exact) mass is 452 g/mol. The number of primary amides is 1. The number of benzene rings is 1. The highest BCUT2D eigenvalue weighted by Gasteiger charge is 2.60. The van der Waals surface area contributed by atoms with Crippen LogP contribution in [-0.4, -0.2) is 58.5 Å². The standard InChI is InChI=1S/C22H20N4O7/c1-26-7-12(24-25-26)10-2-3-13(27)16-11(10)5-8-4-9-6-14(28)17(21(23)32)20(31)22(9,33)19(30)15(8)18(16)29/h2-3,7-9,27,29,31,33H,4-6H2,1H3,(H2,23,32)/t8-,9+,22+/m1/s1. The first-order chi connectivity index (χ1) is 15.6. The molecule has 33 heavy (non-hydrogen) atoms. The Balaban J connectivity index is 1.71. The van der Waals surface area contributed by atoms with E-state index in [1.165, 1.54) is 10.7 Å². The van der Waals surface area contributed by atoms with Gasteiger partial charge in [-0.1, -0.05) is 5.21 Å². The van der Waals surface area contributed by atoms with Crippen molar-refractivity contribution in [3.63, 3.8) is 0 Å². The number of aliphatic hydroxyl groups excluding tert-OH is 2. The summed E-state index contributed by atoms with van der Waals surface area (Å²) >= 11 is 0. The van der Waals surface area contributed by atoms with Gasteiger partial charge in [0.15, 0.2) is 11.4 Å². The fourth-order valence-electron chi connectivity index (χ4n) is 5.33. The summed E-state index contributed by atoms with van der Waals surface area (Å²) in [6.07, 6.45) is 1.58. The molecule has 0 radical (unpaired) electrons. The SMILES string of the molecule is Cn1cc(-c2ccc(O)c3c2C[C@H]2C[C@H]4CC(=O)C(C(N)=O)=C(O)[C@@]4(O)C(=O)C2=C3O)nn1. The Hall–Kier alpha value is -3.99. The van der Waals surface area contributed by atoms with E-state index in [2.05, 4.69) is 10.3 Å². The quantitative estimate of drug-likeness (QED) is 0.397. The van der Waals surface area contributed by atoms with Crippen LogP contribution in [0.25, 0.3) is 17.0 Å². The molecule has 1 aromatic heterocycles. The molecule has 1 heterocycles. The predicted molar refractivity (Wildman–Crippen MR) is 111 cm³/mol. The Bertz CT molecular complexity index is 1340. The molecule has 0 aliphatic heterocycles. The first-order valence-corrected chi connectivity index (χ1v) is 10.2. The number of rotatable bonds is 2. The fraction of sp³-hybridized carbons (Fsp3) is 0.318. The molecule has 6 N–H and O–H groups in total. The number of carbonyl (C=O) groups excluding carboxylic acids is 3. The van der Waals surface area contributed by atoms with Gasteiger partial charge in [-0.25, -0.2) is 0 Å². The number of Topliss-reactive ketones (excluding diaryl/α,β-unsaturated/α-hetero) is 2.